The van der Waals surface area contributed by atoms with Crippen LogP contribution in [-0.4, -0.2) is 9.55 Å². The molecule has 2 heterocycles. The molecule has 0 saturated heterocycles. The Bertz CT molecular complexity index is 460. The highest BCUT2D eigenvalue weighted by Gasteiger charge is 1.98. The van der Waals surface area contributed by atoms with E-state index in [1.807, 2.05) is 29.9 Å². The van der Waals surface area contributed by atoms with Crippen LogP contribution in [0.2, 0.25) is 0 Å². The minimum atomic E-state index is 0.828. The molecule has 0 spiro atoms. The van der Waals surface area contributed by atoms with Crippen LogP contribution in [0.1, 0.15) is 5.56 Å². The van der Waals surface area contributed by atoms with E-state index in [2.05, 4.69) is 10.9 Å². The minimum absolute atomic E-state index is 0.828. The van der Waals surface area contributed by atoms with Gasteiger partial charge < -0.3 is 4.57 Å². The highest BCUT2D eigenvalue weighted by atomic mass is 15.0. The number of aromatic nitrogens is 2. The zero-order valence-electron chi connectivity index (χ0n) is 6.78. The van der Waals surface area contributed by atoms with Crippen LogP contribution in [0.15, 0.2) is 24.5 Å². The molecule has 58 valence electrons. The van der Waals surface area contributed by atoms with Crippen LogP contribution in [0.5, 0.6) is 0 Å². The van der Waals surface area contributed by atoms with Crippen molar-refractivity contribution >= 4 is 11.0 Å². The maximum atomic E-state index is 5.25. The Morgan fingerprint density at radius 1 is 1.58 bits per heavy atom. The third kappa shape index (κ3) is 0.876. The van der Waals surface area contributed by atoms with Gasteiger partial charge in [-0.05, 0) is 12.1 Å². The molecule has 0 N–H and O–H groups in total. The van der Waals surface area contributed by atoms with Gasteiger partial charge in [0.25, 0.3) is 0 Å². The van der Waals surface area contributed by atoms with E-state index in [0.717, 1.165) is 16.6 Å². The summed E-state index contributed by atoms with van der Waals surface area (Å²) in [6.45, 7) is 0. The number of fused-ring (bicyclic) bond motifs is 1. The Labute approximate surface area is 70.8 Å². The van der Waals surface area contributed by atoms with Gasteiger partial charge >= 0.3 is 0 Å². The Balaban J connectivity index is 2.80. The van der Waals surface area contributed by atoms with Crippen molar-refractivity contribution in [2.45, 2.75) is 0 Å². The van der Waals surface area contributed by atoms with Crippen LogP contribution in [-0.2, 0) is 7.05 Å². The molecule has 2 aromatic rings. The maximum absolute atomic E-state index is 5.25. The lowest BCUT2D eigenvalue weighted by atomic mass is 10.2. The van der Waals surface area contributed by atoms with Gasteiger partial charge in [0.05, 0.1) is 0 Å². The van der Waals surface area contributed by atoms with Gasteiger partial charge in [0.1, 0.15) is 5.65 Å². The smallest absolute Gasteiger partial charge is 0.139 e. The number of aryl methyl sites for hydroxylation is 1. The van der Waals surface area contributed by atoms with E-state index >= 15 is 0 Å². The SMILES string of the molecule is C#Cc1cnc2c(ccn2C)c1. The van der Waals surface area contributed by atoms with Crippen molar-refractivity contribution in [1.29, 1.82) is 0 Å². The van der Waals surface area contributed by atoms with Crippen LogP contribution in [0.4, 0.5) is 0 Å². The molecule has 0 aliphatic rings. The van der Waals surface area contributed by atoms with E-state index in [9.17, 15) is 0 Å². The molecule has 2 nitrogen and oxygen atoms in total. The van der Waals surface area contributed by atoms with Crippen LogP contribution in [0.3, 0.4) is 0 Å². The fraction of sp³-hybridized carbons (Fsp3) is 0.100. The molecule has 0 amide bonds. The topological polar surface area (TPSA) is 17.8 Å². The number of terminal acetylenes is 1. The van der Waals surface area contributed by atoms with E-state index in [1.54, 1.807) is 6.20 Å². The zero-order valence-corrected chi connectivity index (χ0v) is 6.78. The molecule has 0 radical (unpaired) electrons. The first-order chi connectivity index (χ1) is 5.81. The van der Waals surface area contributed by atoms with E-state index in [4.69, 9.17) is 6.42 Å². The summed E-state index contributed by atoms with van der Waals surface area (Å²) >= 11 is 0. The van der Waals surface area contributed by atoms with Gasteiger partial charge in [-0.15, -0.1) is 6.42 Å². The molecule has 2 aromatic heterocycles. The van der Waals surface area contributed by atoms with Gasteiger partial charge in [-0.3, -0.25) is 0 Å². The van der Waals surface area contributed by atoms with Crippen molar-refractivity contribution in [3.63, 3.8) is 0 Å². The first-order valence-electron chi connectivity index (χ1n) is 3.69. The van der Waals surface area contributed by atoms with Crippen LogP contribution < -0.4 is 0 Å². The number of rotatable bonds is 0. The summed E-state index contributed by atoms with van der Waals surface area (Å²) in [5.74, 6) is 2.56. The third-order valence-corrected chi connectivity index (χ3v) is 1.87. The van der Waals surface area contributed by atoms with Gasteiger partial charge in [0, 0.05) is 30.4 Å². The van der Waals surface area contributed by atoms with Gasteiger partial charge in [-0.2, -0.15) is 0 Å². The van der Waals surface area contributed by atoms with E-state index < -0.39 is 0 Å². The lowest BCUT2D eigenvalue weighted by molar-refractivity contribution is 0.948. The molecule has 0 unspecified atom stereocenters. The van der Waals surface area contributed by atoms with Crippen molar-refractivity contribution < 1.29 is 0 Å². The Hall–Kier alpha value is -1.75. The Morgan fingerprint density at radius 2 is 2.42 bits per heavy atom. The number of nitrogens with zero attached hydrogens (tertiary/aromatic N) is 2. The largest absolute Gasteiger partial charge is 0.336 e. The third-order valence-electron chi connectivity index (χ3n) is 1.87. The average Bonchev–Trinajstić information content (AvgIpc) is 2.47. The predicted octanol–water partition coefficient (Wildman–Crippen LogP) is 1.55. The van der Waals surface area contributed by atoms with Crippen molar-refractivity contribution in [3.05, 3.63) is 30.1 Å². The monoisotopic (exact) mass is 156 g/mol. The molecule has 0 aliphatic carbocycles. The fourth-order valence-corrected chi connectivity index (χ4v) is 1.23. The fourth-order valence-electron chi connectivity index (χ4n) is 1.23. The van der Waals surface area contributed by atoms with Gasteiger partial charge in [-0.1, -0.05) is 5.92 Å². The summed E-state index contributed by atoms with van der Waals surface area (Å²) in [7, 11) is 1.96. The Morgan fingerprint density at radius 3 is 3.17 bits per heavy atom. The summed E-state index contributed by atoms with van der Waals surface area (Å²) in [6, 6.07) is 3.96. The summed E-state index contributed by atoms with van der Waals surface area (Å²) < 4.78 is 1.97. The summed E-state index contributed by atoms with van der Waals surface area (Å²) in [5.41, 5.74) is 1.79. The molecular weight excluding hydrogens is 148 g/mol. The molecular formula is C10H8N2. The van der Waals surface area contributed by atoms with Crippen molar-refractivity contribution in [2.75, 3.05) is 0 Å². The van der Waals surface area contributed by atoms with Crippen LogP contribution in [0, 0.1) is 12.3 Å². The van der Waals surface area contributed by atoms with Crippen LogP contribution in [0.25, 0.3) is 11.0 Å². The van der Waals surface area contributed by atoms with Gasteiger partial charge in [0.15, 0.2) is 0 Å². The van der Waals surface area contributed by atoms with Crippen molar-refractivity contribution in [3.8, 4) is 12.3 Å². The highest BCUT2D eigenvalue weighted by molar-refractivity contribution is 5.77. The standard InChI is InChI=1S/C10H8N2/c1-3-8-6-9-4-5-12(2)10(9)11-7-8/h1,4-7H,2H3. The summed E-state index contributed by atoms with van der Waals surface area (Å²) in [4.78, 5) is 4.23. The first-order valence-corrected chi connectivity index (χ1v) is 3.69. The van der Waals surface area contributed by atoms with E-state index in [1.165, 1.54) is 0 Å². The molecule has 0 aliphatic heterocycles. The maximum Gasteiger partial charge on any atom is 0.139 e. The van der Waals surface area contributed by atoms with Gasteiger partial charge in [-0.25, -0.2) is 4.98 Å². The van der Waals surface area contributed by atoms with E-state index in [-0.39, 0.29) is 0 Å². The Kier molecular flexibility index (Phi) is 1.38. The second kappa shape index (κ2) is 2.38. The molecule has 0 atom stereocenters. The van der Waals surface area contributed by atoms with Crippen LogP contribution >= 0.6 is 0 Å². The normalized spacial score (nSPS) is 10.0. The highest BCUT2D eigenvalue weighted by Crippen LogP contribution is 2.12. The minimum Gasteiger partial charge on any atom is -0.336 e. The van der Waals surface area contributed by atoms with Crippen molar-refractivity contribution in [1.82, 2.24) is 9.55 Å². The molecule has 2 rings (SSSR count). The second-order valence-electron chi connectivity index (χ2n) is 2.71. The molecule has 12 heavy (non-hydrogen) atoms. The quantitative estimate of drug-likeness (QED) is 0.529. The first kappa shape index (κ1) is 6.93. The molecule has 0 aromatic carbocycles. The summed E-state index contributed by atoms with van der Waals surface area (Å²) in [6.07, 6.45) is 8.93. The lowest BCUT2D eigenvalue weighted by Crippen LogP contribution is -1.87. The number of hydrogen-bond donors (Lipinski definition) is 0. The predicted molar refractivity (Wildman–Crippen MR) is 48.6 cm³/mol. The molecule has 0 saturated carbocycles. The summed E-state index contributed by atoms with van der Waals surface area (Å²) in [5, 5.41) is 1.09. The van der Waals surface area contributed by atoms with E-state index in [0.29, 0.717) is 0 Å². The van der Waals surface area contributed by atoms with Gasteiger partial charge in [0.2, 0.25) is 0 Å². The molecule has 2 heteroatoms. The number of pyridine rings is 1. The average molecular weight is 156 g/mol. The molecule has 0 fully saturated rings. The number of hydrogen-bond acceptors (Lipinski definition) is 1. The molecule has 0 bridgehead atoms. The lowest BCUT2D eigenvalue weighted by Gasteiger charge is -1.94. The van der Waals surface area contributed by atoms with Crippen molar-refractivity contribution in [2.24, 2.45) is 7.05 Å². The zero-order chi connectivity index (χ0) is 8.55. The second-order valence-corrected chi connectivity index (χ2v) is 2.71.